The molecule has 0 saturated carbocycles. The van der Waals surface area contributed by atoms with Gasteiger partial charge in [0.2, 0.25) is 0 Å². The van der Waals surface area contributed by atoms with Gasteiger partial charge in [-0.15, -0.1) is 0 Å². The van der Waals surface area contributed by atoms with Gasteiger partial charge in [-0.05, 0) is 6.42 Å². The zero-order chi connectivity index (χ0) is 15.4. The molecule has 0 rings (SSSR count). The van der Waals surface area contributed by atoms with Gasteiger partial charge in [-0.25, -0.2) is 0 Å². The van der Waals surface area contributed by atoms with E-state index in [-0.39, 0.29) is 44.0 Å². The lowest BCUT2D eigenvalue weighted by atomic mass is 10.2. The first-order chi connectivity index (χ1) is 9.53. The first-order valence-electron chi connectivity index (χ1n) is 7.04. The third-order valence-corrected chi connectivity index (χ3v) is 2.47. The third-order valence-electron chi connectivity index (χ3n) is 2.47. The molecule has 6 heteroatoms. The molecule has 0 aliphatic rings. The molecule has 0 aromatic rings. The van der Waals surface area contributed by atoms with E-state index in [1.807, 2.05) is 6.92 Å². The Hall–Kier alpha value is -1.59. The maximum atomic E-state index is 11.5. The Balaban J connectivity index is 4.26. The molecule has 20 heavy (non-hydrogen) atoms. The Morgan fingerprint density at radius 3 is 1.75 bits per heavy atom. The predicted molar refractivity (Wildman–Crippen MR) is 71.9 cm³/mol. The number of hydrogen-bond donors (Lipinski definition) is 0. The fourth-order valence-corrected chi connectivity index (χ4v) is 1.26. The second-order valence-corrected chi connectivity index (χ2v) is 4.29. The van der Waals surface area contributed by atoms with E-state index >= 15 is 0 Å². The molecule has 0 aromatic carbocycles. The van der Waals surface area contributed by atoms with E-state index in [0.717, 1.165) is 12.8 Å². The van der Waals surface area contributed by atoms with Crippen LogP contribution in [0.3, 0.4) is 0 Å². The van der Waals surface area contributed by atoms with Crippen LogP contribution in [0.15, 0.2) is 0 Å². The molecule has 0 aliphatic carbocycles. The molecule has 6 nitrogen and oxygen atoms in total. The molecule has 0 aromatic heterocycles. The van der Waals surface area contributed by atoms with Gasteiger partial charge in [-0.3, -0.25) is 14.4 Å². The van der Waals surface area contributed by atoms with Crippen LogP contribution in [0.4, 0.5) is 0 Å². The summed E-state index contributed by atoms with van der Waals surface area (Å²) in [4.78, 5) is 33.7. The monoisotopic (exact) mass is 288 g/mol. The van der Waals surface area contributed by atoms with E-state index in [9.17, 15) is 14.4 Å². The topological polar surface area (TPSA) is 78.9 Å². The number of carbonyl (C=O) groups excluding carboxylic acids is 3. The fraction of sp³-hybridized carbons (Fsp3) is 0.786. The largest absolute Gasteiger partial charge is 0.462 e. The highest BCUT2D eigenvalue weighted by atomic mass is 16.6. The van der Waals surface area contributed by atoms with Crippen LogP contribution in [0.5, 0.6) is 0 Å². The van der Waals surface area contributed by atoms with Crippen LogP contribution < -0.4 is 0 Å². The van der Waals surface area contributed by atoms with Gasteiger partial charge in [-0.2, -0.15) is 0 Å². The lowest BCUT2D eigenvalue weighted by molar-refractivity contribution is -0.166. The Kier molecular flexibility index (Phi) is 10.4. The van der Waals surface area contributed by atoms with E-state index in [1.165, 1.54) is 0 Å². The van der Waals surface area contributed by atoms with Gasteiger partial charge in [-0.1, -0.05) is 27.2 Å². The Morgan fingerprint density at radius 2 is 1.35 bits per heavy atom. The molecular formula is C14H24O6. The highest BCUT2D eigenvalue weighted by Gasteiger charge is 2.18. The van der Waals surface area contributed by atoms with Crippen LogP contribution in [0.2, 0.25) is 0 Å². The molecule has 0 bridgehead atoms. The minimum absolute atomic E-state index is 0.0957. The van der Waals surface area contributed by atoms with Gasteiger partial charge in [0.15, 0.2) is 6.10 Å². The van der Waals surface area contributed by atoms with Crippen molar-refractivity contribution in [3.05, 3.63) is 0 Å². The molecule has 0 amide bonds. The van der Waals surface area contributed by atoms with E-state index in [2.05, 4.69) is 0 Å². The van der Waals surface area contributed by atoms with Crippen LogP contribution in [0.25, 0.3) is 0 Å². The van der Waals surface area contributed by atoms with Crippen molar-refractivity contribution in [3.63, 3.8) is 0 Å². The summed E-state index contributed by atoms with van der Waals surface area (Å²) in [5.74, 6) is -1.15. The van der Waals surface area contributed by atoms with Crippen molar-refractivity contribution in [2.75, 3.05) is 13.2 Å². The lowest BCUT2D eigenvalue weighted by Gasteiger charge is -2.17. The smallest absolute Gasteiger partial charge is 0.306 e. The normalized spacial score (nSPS) is 10.2. The standard InChI is InChI=1S/C14H24O6/c1-4-7-8-14(17)20-11(9-18-12(15)5-2)10-19-13(16)6-3/h11H,4-10H2,1-3H3. The van der Waals surface area contributed by atoms with Gasteiger partial charge < -0.3 is 14.2 Å². The molecule has 0 unspecified atom stereocenters. The molecule has 0 atom stereocenters. The van der Waals surface area contributed by atoms with Crippen LogP contribution in [0.1, 0.15) is 52.9 Å². The number of carbonyl (C=O) groups is 3. The maximum Gasteiger partial charge on any atom is 0.306 e. The van der Waals surface area contributed by atoms with Gasteiger partial charge in [0.25, 0.3) is 0 Å². The fourth-order valence-electron chi connectivity index (χ4n) is 1.26. The maximum absolute atomic E-state index is 11.5. The molecule has 0 radical (unpaired) electrons. The van der Waals surface area contributed by atoms with Crippen LogP contribution >= 0.6 is 0 Å². The third kappa shape index (κ3) is 9.35. The molecule has 0 saturated heterocycles. The summed E-state index contributed by atoms with van der Waals surface area (Å²) in [5, 5.41) is 0. The average Bonchev–Trinajstić information content (AvgIpc) is 2.46. The molecule has 0 spiro atoms. The number of unbranched alkanes of at least 4 members (excludes halogenated alkanes) is 1. The zero-order valence-electron chi connectivity index (χ0n) is 12.5. The van der Waals surface area contributed by atoms with Crippen molar-refractivity contribution >= 4 is 17.9 Å². The van der Waals surface area contributed by atoms with Crippen molar-refractivity contribution in [1.29, 1.82) is 0 Å². The second kappa shape index (κ2) is 11.3. The van der Waals surface area contributed by atoms with E-state index in [4.69, 9.17) is 14.2 Å². The minimum atomic E-state index is -0.745. The molecule has 0 heterocycles. The minimum Gasteiger partial charge on any atom is -0.462 e. The zero-order valence-corrected chi connectivity index (χ0v) is 12.5. The van der Waals surface area contributed by atoms with Gasteiger partial charge in [0.05, 0.1) is 0 Å². The summed E-state index contributed by atoms with van der Waals surface area (Å²) in [6.45, 7) is 5.11. The highest BCUT2D eigenvalue weighted by molar-refractivity contribution is 5.70. The van der Waals surface area contributed by atoms with Crippen LogP contribution in [0, 0.1) is 0 Å². The summed E-state index contributed by atoms with van der Waals surface area (Å²) in [6, 6.07) is 0. The number of ether oxygens (including phenoxy) is 3. The number of esters is 3. The van der Waals surface area contributed by atoms with Crippen molar-refractivity contribution in [2.45, 2.75) is 59.0 Å². The van der Waals surface area contributed by atoms with Crippen LogP contribution in [-0.2, 0) is 28.6 Å². The summed E-state index contributed by atoms with van der Waals surface area (Å²) in [5.41, 5.74) is 0. The van der Waals surface area contributed by atoms with Crippen molar-refractivity contribution < 1.29 is 28.6 Å². The average molecular weight is 288 g/mol. The van der Waals surface area contributed by atoms with Crippen molar-refractivity contribution in [2.24, 2.45) is 0 Å². The summed E-state index contributed by atoms with van der Waals surface area (Å²) < 4.78 is 15.0. The van der Waals surface area contributed by atoms with E-state index < -0.39 is 6.10 Å². The molecular weight excluding hydrogens is 264 g/mol. The predicted octanol–water partition coefficient (Wildman–Crippen LogP) is 1.99. The molecule has 116 valence electrons. The molecule has 0 aliphatic heterocycles. The molecule has 0 N–H and O–H groups in total. The highest BCUT2D eigenvalue weighted by Crippen LogP contribution is 2.03. The van der Waals surface area contributed by atoms with Gasteiger partial charge >= 0.3 is 17.9 Å². The van der Waals surface area contributed by atoms with Gasteiger partial charge in [0, 0.05) is 19.3 Å². The quantitative estimate of drug-likeness (QED) is 0.452. The lowest BCUT2D eigenvalue weighted by Crippen LogP contribution is -2.30. The van der Waals surface area contributed by atoms with E-state index in [1.54, 1.807) is 13.8 Å². The number of hydrogen-bond acceptors (Lipinski definition) is 6. The second-order valence-electron chi connectivity index (χ2n) is 4.29. The Bertz CT molecular complexity index is 293. The van der Waals surface area contributed by atoms with E-state index in [0.29, 0.717) is 6.42 Å². The Morgan fingerprint density at radius 1 is 0.850 bits per heavy atom. The number of rotatable bonds is 10. The Labute approximate surface area is 119 Å². The van der Waals surface area contributed by atoms with Crippen molar-refractivity contribution in [1.82, 2.24) is 0 Å². The van der Waals surface area contributed by atoms with Crippen LogP contribution in [-0.4, -0.2) is 37.2 Å². The molecule has 0 fully saturated rings. The van der Waals surface area contributed by atoms with Crippen molar-refractivity contribution in [3.8, 4) is 0 Å². The summed E-state index contributed by atoms with van der Waals surface area (Å²) in [6.07, 6.45) is 1.66. The summed E-state index contributed by atoms with van der Waals surface area (Å²) in [7, 11) is 0. The first-order valence-corrected chi connectivity index (χ1v) is 7.04. The SMILES string of the molecule is CCCCC(=O)OC(COC(=O)CC)COC(=O)CC. The summed E-state index contributed by atoms with van der Waals surface area (Å²) >= 11 is 0. The van der Waals surface area contributed by atoms with Gasteiger partial charge in [0.1, 0.15) is 13.2 Å². The first kappa shape index (κ1) is 18.4.